The minimum atomic E-state index is 0.0812. The van der Waals surface area contributed by atoms with Gasteiger partial charge in [0.2, 0.25) is 0 Å². The zero-order valence-corrected chi connectivity index (χ0v) is 14.1. The quantitative estimate of drug-likeness (QED) is 0.727. The lowest BCUT2D eigenvalue weighted by molar-refractivity contribution is -0.0333. The molecule has 23 heavy (non-hydrogen) atoms. The maximum atomic E-state index is 5.84. The predicted octanol–water partition coefficient (Wildman–Crippen LogP) is 3.24. The van der Waals surface area contributed by atoms with Crippen molar-refractivity contribution in [3.63, 3.8) is 0 Å². The summed E-state index contributed by atoms with van der Waals surface area (Å²) in [4.78, 5) is 15.8. The third-order valence-electron chi connectivity index (χ3n) is 3.70. The Morgan fingerprint density at radius 3 is 3.04 bits per heavy atom. The van der Waals surface area contributed by atoms with Gasteiger partial charge in [-0.2, -0.15) is 0 Å². The molecule has 0 radical (unpaired) electrons. The molecule has 1 saturated heterocycles. The second-order valence-electron chi connectivity index (χ2n) is 5.32. The molecule has 118 valence electrons. The number of morpholine rings is 1. The van der Waals surface area contributed by atoms with Gasteiger partial charge in [0.1, 0.15) is 16.1 Å². The zero-order chi connectivity index (χ0) is 15.5. The van der Waals surface area contributed by atoms with E-state index >= 15 is 0 Å². The van der Waals surface area contributed by atoms with Crippen LogP contribution >= 0.6 is 22.7 Å². The van der Waals surface area contributed by atoms with E-state index in [0.717, 1.165) is 47.6 Å². The lowest BCUT2D eigenvalue weighted by Crippen LogP contribution is -2.37. The molecule has 0 amide bonds. The molecule has 1 unspecified atom stereocenters. The number of ether oxygens (including phenoxy) is 1. The Bertz CT molecular complexity index is 745. The second-order valence-corrected chi connectivity index (χ2v) is 7.11. The first kappa shape index (κ1) is 14.9. The average molecular weight is 344 g/mol. The van der Waals surface area contributed by atoms with Gasteiger partial charge in [0.25, 0.3) is 0 Å². The van der Waals surface area contributed by atoms with E-state index < -0.39 is 0 Å². The maximum Gasteiger partial charge on any atom is 0.142 e. The van der Waals surface area contributed by atoms with Crippen LogP contribution in [0.5, 0.6) is 0 Å². The Hall–Kier alpha value is -1.67. The van der Waals surface area contributed by atoms with E-state index in [9.17, 15) is 0 Å². The largest absolute Gasteiger partial charge is 0.368 e. The van der Waals surface area contributed by atoms with E-state index in [0.29, 0.717) is 0 Å². The van der Waals surface area contributed by atoms with Gasteiger partial charge in [0.15, 0.2) is 0 Å². The summed E-state index contributed by atoms with van der Waals surface area (Å²) in [5.74, 6) is 0. The van der Waals surface area contributed by atoms with Crippen molar-refractivity contribution >= 4 is 22.7 Å². The van der Waals surface area contributed by atoms with Gasteiger partial charge in [-0.15, -0.1) is 22.7 Å². The first-order valence-electron chi connectivity index (χ1n) is 7.47. The van der Waals surface area contributed by atoms with Crippen LogP contribution in [0.3, 0.4) is 0 Å². The summed E-state index contributed by atoms with van der Waals surface area (Å²) in [6.45, 7) is 3.37. The van der Waals surface area contributed by atoms with Crippen LogP contribution in [-0.4, -0.2) is 39.5 Å². The second kappa shape index (κ2) is 6.84. The minimum absolute atomic E-state index is 0.0812. The van der Waals surface area contributed by atoms with E-state index in [1.807, 2.05) is 29.8 Å². The molecule has 5 nitrogen and oxygen atoms in total. The van der Waals surface area contributed by atoms with Crippen molar-refractivity contribution in [2.24, 2.45) is 0 Å². The lowest BCUT2D eigenvalue weighted by Gasteiger charge is -2.31. The number of hydrogen-bond acceptors (Lipinski definition) is 7. The van der Waals surface area contributed by atoms with Crippen molar-refractivity contribution in [3.05, 3.63) is 52.1 Å². The number of nitrogens with zero attached hydrogens (tertiary/aromatic N) is 4. The molecule has 0 saturated carbocycles. The number of aromatic nitrogens is 3. The van der Waals surface area contributed by atoms with E-state index in [1.165, 1.54) is 0 Å². The first-order valence-corrected chi connectivity index (χ1v) is 9.23. The average Bonchev–Trinajstić information content (AvgIpc) is 3.28. The fourth-order valence-corrected chi connectivity index (χ4v) is 4.07. The summed E-state index contributed by atoms with van der Waals surface area (Å²) < 4.78 is 5.84. The maximum absolute atomic E-state index is 5.84. The van der Waals surface area contributed by atoms with Crippen molar-refractivity contribution < 1.29 is 4.74 Å². The molecule has 0 bridgehead atoms. The Kier molecular flexibility index (Phi) is 4.43. The third kappa shape index (κ3) is 3.48. The van der Waals surface area contributed by atoms with Crippen LogP contribution in [-0.2, 0) is 11.3 Å². The number of hydrogen-bond donors (Lipinski definition) is 0. The van der Waals surface area contributed by atoms with Crippen molar-refractivity contribution in [3.8, 4) is 10.7 Å². The Morgan fingerprint density at radius 2 is 2.22 bits per heavy atom. The molecule has 4 rings (SSSR count). The van der Waals surface area contributed by atoms with Crippen LogP contribution in [0.2, 0.25) is 0 Å². The highest BCUT2D eigenvalue weighted by atomic mass is 32.1. The molecule has 7 heteroatoms. The Morgan fingerprint density at radius 1 is 1.22 bits per heavy atom. The van der Waals surface area contributed by atoms with Crippen molar-refractivity contribution in [2.75, 3.05) is 19.7 Å². The fourth-order valence-electron chi connectivity index (χ4n) is 2.60. The molecule has 0 N–H and O–H groups in total. The molecule has 3 aromatic rings. The summed E-state index contributed by atoms with van der Waals surface area (Å²) in [5, 5.41) is 6.15. The van der Waals surface area contributed by atoms with Gasteiger partial charge in [0.05, 0.1) is 18.0 Å². The number of thiazole rings is 2. The molecule has 3 aromatic heterocycles. The molecule has 1 fully saturated rings. The van der Waals surface area contributed by atoms with Gasteiger partial charge >= 0.3 is 0 Å². The van der Waals surface area contributed by atoms with Crippen molar-refractivity contribution in [1.82, 2.24) is 19.9 Å². The SMILES string of the molecule is c1ccc(-c2nc(CN3CCOC(c4nccs4)C3)cs2)nc1. The van der Waals surface area contributed by atoms with Gasteiger partial charge in [-0.1, -0.05) is 6.07 Å². The third-order valence-corrected chi connectivity index (χ3v) is 5.48. The first-order chi connectivity index (χ1) is 11.4. The van der Waals surface area contributed by atoms with E-state index in [1.54, 1.807) is 28.9 Å². The van der Waals surface area contributed by atoms with Gasteiger partial charge in [-0.05, 0) is 12.1 Å². The smallest absolute Gasteiger partial charge is 0.142 e. The van der Waals surface area contributed by atoms with E-state index in [-0.39, 0.29) is 6.10 Å². The molecule has 1 aliphatic heterocycles. The summed E-state index contributed by atoms with van der Waals surface area (Å²) in [7, 11) is 0. The number of pyridine rings is 1. The van der Waals surface area contributed by atoms with Crippen LogP contribution in [0, 0.1) is 0 Å². The highest BCUT2D eigenvalue weighted by Crippen LogP contribution is 2.26. The van der Waals surface area contributed by atoms with Crippen LogP contribution in [0.15, 0.2) is 41.4 Å². The number of rotatable bonds is 4. The summed E-state index contributed by atoms with van der Waals surface area (Å²) in [5.41, 5.74) is 2.03. The highest BCUT2D eigenvalue weighted by molar-refractivity contribution is 7.13. The van der Waals surface area contributed by atoms with Crippen LogP contribution < -0.4 is 0 Å². The topological polar surface area (TPSA) is 51.1 Å². The van der Waals surface area contributed by atoms with Crippen LogP contribution in [0.25, 0.3) is 10.7 Å². The summed E-state index contributed by atoms with van der Waals surface area (Å²) >= 11 is 3.30. The standard InChI is InChI=1S/C16H16N4OS2/c1-2-4-17-13(3-1)15-19-12(11-23-15)9-20-6-7-21-14(10-20)16-18-5-8-22-16/h1-5,8,11,14H,6-7,9-10H2. The monoisotopic (exact) mass is 344 g/mol. The van der Waals surface area contributed by atoms with E-state index in [4.69, 9.17) is 9.72 Å². The van der Waals surface area contributed by atoms with Gasteiger partial charge in [0, 0.05) is 42.8 Å². The summed E-state index contributed by atoms with van der Waals surface area (Å²) in [6, 6.07) is 5.91. The molecule has 4 heterocycles. The minimum Gasteiger partial charge on any atom is -0.368 e. The highest BCUT2D eigenvalue weighted by Gasteiger charge is 2.24. The molecular weight excluding hydrogens is 328 g/mol. The molecule has 1 atom stereocenters. The van der Waals surface area contributed by atoms with Crippen molar-refractivity contribution in [1.29, 1.82) is 0 Å². The van der Waals surface area contributed by atoms with Crippen LogP contribution in [0.1, 0.15) is 16.8 Å². The summed E-state index contributed by atoms with van der Waals surface area (Å²) in [6.07, 6.45) is 3.72. The lowest BCUT2D eigenvalue weighted by atomic mass is 10.2. The van der Waals surface area contributed by atoms with Gasteiger partial charge in [-0.3, -0.25) is 9.88 Å². The van der Waals surface area contributed by atoms with Crippen LogP contribution in [0.4, 0.5) is 0 Å². The Labute approximate surface area is 142 Å². The van der Waals surface area contributed by atoms with Gasteiger partial charge in [-0.25, -0.2) is 9.97 Å². The fraction of sp³-hybridized carbons (Fsp3) is 0.312. The Balaban J connectivity index is 1.43. The molecule has 1 aliphatic rings. The zero-order valence-electron chi connectivity index (χ0n) is 12.5. The predicted molar refractivity (Wildman–Crippen MR) is 91.4 cm³/mol. The molecule has 0 aromatic carbocycles. The van der Waals surface area contributed by atoms with Crippen molar-refractivity contribution in [2.45, 2.75) is 12.6 Å². The van der Waals surface area contributed by atoms with E-state index in [2.05, 4.69) is 20.2 Å². The van der Waals surface area contributed by atoms with Gasteiger partial charge < -0.3 is 4.74 Å². The normalized spacial score (nSPS) is 19.0. The molecular formula is C16H16N4OS2. The molecule has 0 spiro atoms. The molecule has 0 aliphatic carbocycles.